The van der Waals surface area contributed by atoms with Crippen molar-refractivity contribution in [1.82, 2.24) is 5.32 Å². The van der Waals surface area contributed by atoms with Gasteiger partial charge in [0.2, 0.25) is 11.8 Å². The maximum atomic E-state index is 12.3. The normalized spacial score (nSPS) is 15.5. The molecule has 0 aliphatic heterocycles. The van der Waals surface area contributed by atoms with Crippen molar-refractivity contribution in [3.8, 4) is 0 Å². The van der Waals surface area contributed by atoms with E-state index in [1.165, 1.54) is 0 Å². The van der Waals surface area contributed by atoms with E-state index in [2.05, 4.69) is 10.6 Å². The van der Waals surface area contributed by atoms with Crippen LogP contribution in [0.25, 0.3) is 0 Å². The fourth-order valence-corrected chi connectivity index (χ4v) is 2.07. The van der Waals surface area contributed by atoms with Gasteiger partial charge in [0.1, 0.15) is 5.41 Å². The molecule has 1 aromatic carbocycles. The molecule has 1 aromatic rings. The van der Waals surface area contributed by atoms with Crippen LogP contribution in [0.3, 0.4) is 0 Å². The average Bonchev–Trinajstić information content (AvgIpc) is 3.23. The minimum absolute atomic E-state index is 0.208. The van der Waals surface area contributed by atoms with E-state index >= 15 is 0 Å². The first-order valence-electron chi connectivity index (χ1n) is 6.74. The van der Waals surface area contributed by atoms with E-state index in [1.807, 2.05) is 31.2 Å². The molecule has 0 heterocycles. The first-order chi connectivity index (χ1) is 9.60. The number of amides is 2. The van der Waals surface area contributed by atoms with E-state index < -0.39 is 5.41 Å². The number of ether oxygens (including phenoxy) is 1. The standard InChI is InChI=1S/C15H20N2O3/c1-11-5-3-4-6-12(11)17-14(19)15(7-8-15)13(18)16-9-10-20-2/h3-6H,7-10H2,1-2H3,(H,16,18)(H,17,19). The van der Waals surface area contributed by atoms with E-state index in [0.29, 0.717) is 26.0 Å². The Hall–Kier alpha value is -1.88. The van der Waals surface area contributed by atoms with Crippen molar-refractivity contribution < 1.29 is 14.3 Å². The lowest BCUT2D eigenvalue weighted by molar-refractivity contribution is -0.134. The van der Waals surface area contributed by atoms with Gasteiger partial charge < -0.3 is 15.4 Å². The molecule has 0 unspecified atom stereocenters. The summed E-state index contributed by atoms with van der Waals surface area (Å²) < 4.78 is 4.88. The van der Waals surface area contributed by atoms with Gasteiger partial charge in [0.25, 0.3) is 0 Å². The zero-order valence-electron chi connectivity index (χ0n) is 11.9. The topological polar surface area (TPSA) is 67.4 Å². The van der Waals surface area contributed by atoms with Crippen molar-refractivity contribution in [2.45, 2.75) is 19.8 Å². The second-order valence-corrected chi connectivity index (χ2v) is 5.10. The highest BCUT2D eigenvalue weighted by Crippen LogP contribution is 2.46. The summed E-state index contributed by atoms with van der Waals surface area (Å²) >= 11 is 0. The quantitative estimate of drug-likeness (QED) is 0.611. The predicted octanol–water partition coefficient (Wildman–Crippen LogP) is 1.48. The van der Waals surface area contributed by atoms with Gasteiger partial charge in [0.05, 0.1) is 6.61 Å². The average molecular weight is 276 g/mol. The summed E-state index contributed by atoms with van der Waals surface area (Å²) in [5, 5.41) is 5.60. The molecule has 0 bridgehead atoms. The van der Waals surface area contributed by atoms with E-state index in [9.17, 15) is 9.59 Å². The van der Waals surface area contributed by atoms with Crippen molar-refractivity contribution in [3.63, 3.8) is 0 Å². The number of anilines is 1. The summed E-state index contributed by atoms with van der Waals surface area (Å²) in [7, 11) is 1.57. The van der Waals surface area contributed by atoms with Crippen LogP contribution < -0.4 is 10.6 Å². The SMILES string of the molecule is COCCNC(=O)C1(C(=O)Nc2ccccc2C)CC1. The number of carbonyl (C=O) groups is 2. The monoisotopic (exact) mass is 276 g/mol. The molecule has 1 aliphatic carbocycles. The number of benzene rings is 1. The number of methoxy groups -OCH3 is 1. The third kappa shape index (κ3) is 2.99. The van der Waals surface area contributed by atoms with Gasteiger partial charge in [-0.1, -0.05) is 18.2 Å². The molecular weight excluding hydrogens is 256 g/mol. The molecule has 0 atom stereocenters. The molecule has 1 aliphatic rings. The van der Waals surface area contributed by atoms with Crippen molar-refractivity contribution in [2.24, 2.45) is 5.41 Å². The van der Waals surface area contributed by atoms with Crippen molar-refractivity contribution in [1.29, 1.82) is 0 Å². The van der Waals surface area contributed by atoms with Gasteiger partial charge in [-0.15, -0.1) is 0 Å². The van der Waals surface area contributed by atoms with Crippen LogP contribution in [0.4, 0.5) is 5.69 Å². The number of para-hydroxylation sites is 1. The second-order valence-electron chi connectivity index (χ2n) is 5.10. The molecule has 2 N–H and O–H groups in total. The van der Waals surface area contributed by atoms with Gasteiger partial charge in [-0.05, 0) is 31.4 Å². The first kappa shape index (κ1) is 14.5. The van der Waals surface area contributed by atoms with Crippen LogP contribution in [-0.2, 0) is 14.3 Å². The maximum absolute atomic E-state index is 12.3. The zero-order valence-corrected chi connectivity index (χ0v) is 11.9. The first-order valence-corrected chi connectivity index (χ1v) is 6.74. The minimum atomic E-state index is -0.893. The highest BCUT2D eigenvalue weighted by atomic mass is 16.5. The highest BCUT2D eigenvalue weighted by Gasteiger charge is 2.56. The van der Waals surface area contributed by atoms with Crippen LogP contribution in [0, 0.1) is 12.3 Å². The fourth-order valence-electron chi connectivity index (χ4n) is 2.07. The summed E-state index contributed by atoms with van der Waals surface area (Å²) in [4.78, 5) is 24.4. The van der Waals surface area contributed by atoms with E-state index in [0.717, 1.165) is 11.3 Å². The van der Waals surface area contributed by atoms with Crippen LogP contribution in [0.5, 0.6) is 0 Å². The second kappa shape index (κ2) is 6.05. The van der Waals surface area contributed by atoms with Crippen LogP contribution in [-0.4, -0.2) is 32.1 Å². The lowest BCUT2D eigenvalue weighted by Gasteiger charge is -2.16. The molecular formula is C15H20N2O3. The van der Waals surface area contributed by atoms with Gasteiger partial charge in [0.15, 0.2) is 0 Å². The van der Waals surface area contributed by atoms with E-state index in [1.54, 1.807) is 7.11 Å². The molecule has 1 fully saturated rings. The molecule has 0 saturated heterocycles. The molecule has 108 valence electrons. The third-order valence-corrected chi connectivity index (χ3v) is 3.60. The molecule has 1 saturated carbocycles. The largest absolute Gasteiger partial charge is 0.383 e. The number of aryl methyl sites for hydroxylation is 1. The Labute approximate surface area is 118 Å². The van der Waals surface area contributed by atoms with Gasteiger partial charge >= 0.3 is 0 Å². The maximum Gasteiger partial charge on any atom is 0.240 e. The summed E-state index contributed by atoms with van der Waals surface area (Å²) in [6.45, 7) is 2.80. The molecule has 2 amide bonds. The summed E-state index contributed by atoms with van der Waals surface area (Å²) in [5.74, 6) is -0.428. The van der Waals surface area contributed by atoms with Gasteiger partial charge in [0, 0.05) is 19.3 Å². The summed E-state index contributed by atoms with van der Waals surface area (Å²) in [6, 6.07) is 7.54. The zero-order chi connectivity index (χ0) is 14.6. The Bertz CT molecular complexity index is 510. The van der Waals surface area contributed by atoms with Crippen LogP contribution >= 0.6 is 0 Å². The van der Waals surface area contributed by atoms with Crippen LogP contribution in [0.15, 0.2) is 24.3 Å². The van der Waals surface area contributed by atoms with E-state index in [-0.39, 0.29) is 11.8 Å². The minimum Gasteiger partial charge on any atom is -0.383 e. The molecule has 0 radical (unpaired) electrons. The number of rotatable bonds is 6. The smallest absolute Gasteiger partial charge is 0.240 e. The lowest BCUT2D eigenvalue weighted by Crippen LogP contribution is -2.41. The van der Waals surface area contributed by atoms with Crippen molar-refractivity contribution >= 4 is 17.5 Å². The van der Waals surface area contributed by atoms with E-state index in [4.69, 9.17) is 4.74 Å². The third-order valence-electron chi connectivity index (χ3n) is 3.60. The Morgan fingerprint density at radius 2 is 1.95 bits per heavy atom. The lowest BCUT2D eigenvalue weighted by atomic mass is 10.0. The highest BCUT2D eigenvalue weighted by molar-refractivity contribution is 6.13. The van der Waals surface area contributed by atoms with Gasteiger partial charge in [-0.2, -0.15) is 0 Å². The Morgan fingerprint density at radius 1 is 1.25 bits per heavy atom. The molecule has 0 spiro atoms. The number of hydrogen-bond donors (Lipinski definition) is 2. The summed E-state index contributed by atoms with van der Waals surface area (Å²) in [6.07, 6.45) is 1.20. The number of hydrogen-bond acceptors (Lipinski definition) is 3. The predicted molar refractivity (Wildman–Crippen MR) is 76.4 cm³/mol. The fraction of sp³-hybridized carbons (Fsp3) is 0.467. The number of nitrogens with one attached hydrogen (secondary N) is 2. The molecule has 5 heteroatoms. The Balaban J connectivity index is 1.98. The summed E-state index contributed by atoms with van der Waals surface area (Å²) in [5.41, 5.74) is 0.848. The van der Waals surface area contributed by atoms with Crippen LogP contribution in [0.1, 0.15) is 18.4 Å². The van der Waals surface area contributed by atoms with Crippen molar-refractivity contribution in [3.05, 3.63) is 29.8 Å². The molecule has 5 nitrogen and oxygen atoms in total. The Kier molecular flexibility index (Phi) is 4.39. The molecule has 0 aromatic heterocycles. The molecule has 20 heavy (non-hydrogen) atoms. The van der Waals surface area contributed by atoms with Gasteiger partial charge in [-0.3, -0.25) is 9.59 Å². The number of carbonyl (C=O) groups excluding carboxylic acids is 2. The van der Waals surface area contributed by atoms with Crippen molar-refractivity contribution in [2.75, 3.05) is 25.6 Å². The van der Waals surface area contributed by atoms with Crippen LogP contribution in [0.2, 0.25) is 0 Å². The molecule has 2 rings (SSSR count). The van der Waals surface area contributed by atoms with Gasteiger partial charge in [-0.25, -0.2) is 0 Å². The Morgan fingerprint density at radius 3 is 2.55 bits per heavy atom.